The molecule has 2 heterocycles. The minimum atomic E-state index is 0.409. The second-order valence-electron chi connectivity index (χ2n) is 5.74. The van der Waals surface area contributed by atoms with E-state index in [2.05, 4.69) is 9.97 Å². The molecule has 0 aliphatic carbocycles. The van der Waals surface area contributed by atoms with E-state index in [0.717, 1.165) is 28.2 Å². The molecule has 0 bridgehead atoms. The molecule has 4 aromatic rings. The van der Waals surface area contributed by atoms with Crippen molar-refractivity contribution in [3.05, 3.63) is 77.8 Å². The fourth-order valence-corrected chi connectivity index (χ4v) is 2.85. The highest BCUT2D eigenvalue weighted by atomic mass is 35.5. The maximum Gasteiger partial charge on any atom is 0.141 e. The monoisotopic (exact) mass is 365 g/mol. The van der Waals surface area contributed by atoms with Gasteiger partial charge in [-0.3, -0.25) is 4.40 Å². The van der Waals surface area contributed by atoms with Crippen LogP contribution in [0.4, 0.5) is 0 Å². The molecule has 0 saturated carbocycles. The molecule has 0 saturated heterocycles. The molecular formula is C20H16ClN3O2. The Morgan fingerprint density at radius 1 is 1.08 bits per heavy atom. The maximum atomic E-state index is 5.93. The van der Waals surface area contributed by atoms with Crippen molar-refractivity contribution in [1.82, 2.24) is 14.4 Å². The van der Waals surface area contributed by atoms with Crippen molar-refractivity contribution in [3.63, 3.8) is 0 Å². The zero-order valence-electron chi connectivity index (χ0n) is 14.1. The normalized spacial score (nSPS) is 10.8. The number of hydrogen-bond acceptors (Lipinski definition) is 4. The first-order valence-electron chi connectivity index (χ1n) is 8.08. The van der Waals surface area contributed by atoms with E-state index in [1.54, 1.807) is 19.5 Å². The van der Waals surface area contributed by atoms with Crippen LogP contribution in [0.1, 0.15) is 5.56 Å². The average molecular weight is 366 g/mol. The summed E-state index contributed by atoms with van der Waals surface area (Å²) >= 11 is 5.93. The quantitative estimate of drug-likeness (QED) is 0.483. The highest BCUT2D eigenvalue weighted by molar-refractivity contribution is 6.29. The zero-order chi connectivity index (χ0) is 17.9. The van der Waals surface area contributed by atoms with E-state index in [-0.39, 0.29) is 0 Å². The van der Waals surface area contributed by atoms with Gasteiger partial charge < -0.3 is 9.47 Å². The van der Waals surface area contributed by atoms with Gasteiger partial charge in [0.2, 0.25) is 0 Å². The van der Waals surface area contributed by atoms with Crippen LogP contribution in [0.25, 0.3) is 16.9 Å². The van der Waals surface area contributed by atoms with Gasteiger partial charge in [0, 0.05) is 23.9 Å². The number of aromatic nitrogens is 3. The summed E-state index contributed by atoms with van der Waals surface area (Å²) in [5.74, 6) is 1.43. The van der Waals surface area contributed by atoms with Crippen molar-refractivity contribution in [2.24, 2.45) is 0 Å². The number of imidazole rings is 1. The molecule has 0 fully saturated rings. The summed E-state index contributed by atoms with van der Waals surface area (Å²) in [5.41, 5.74) is 3.49. The lowest BCUT2D eigenvalue weighted by atomic mass is 10.1. The summed E-state index contributed by atoms with van der Waals surface area (Å²) < 4.78 is 13.2. The highest BCUT2D eigenvalue weighted by Gasteiger charge is 2.12. The molecule has 0 N–H and O–H groups in total. The Balaban J connectivity index is 1.62. The van der Waals surface area contributed by atoms with Gasteiger partial charge in [-0.1, -0.05) is 41.9 Å². The van der Waals surface area contributed by atoms with Gasteiger partial charge in [0.1, 0.15) is 35.2 Å². The number of hydrogen-bond donors (Lipinski definition) is 0. The smallest absolute Gasteiger partial charge is 0.141 e. The molecule has 4 rings (SSSR count). The Morgan fingerprint density at radius 2 is 1.92 bits per heavy atom. The van der Waals surface area contributed by atoms with Crippen molar-refractivity contribution < 1.29 is 9.47 Å². The van der Waals surface area contributed by atoms with E-state index < -0.39 is 0 Å². The molecule has 0 spiro atoms. The second kappa shape index (κ2) is 7.06. The minimum Gasteiger partial charge on any atom is -0.496 e. The molecule has 5 nitrogen and oxygen atoms in total. The first-order valence-corrected chi connectivity index (χ1v) is 8.46. The number of fused-ring (bicyclic) bond motifs is 1. The molecule has 130 valence electrons. The SMILES string of the molecule is COc1cc(OCc2ccccc2)ccc1-c1cn2cnc(Cl)cc2n1. The Kier molecular flexibility index (Phi) is 4.46. The van der Waals surface area contributed by atoms with Gasteiger partial charge in [-0.15, -0.1) is 0 Å². The van der Waals surface area contributed by atoms with Gasteiger partial charge in [0.25, 0.3) is 0 Å². The van der Waals surface area contributed by atoms with E-state index in [1.165, 1.54) is 0 Å². The molecule has 0 aliphatic rings. The van der Waals surface area contributed by atoms with Gasteiger partial charge >= 0.3 is 0 Å². The summed E-state index contributed by atoms with van der Waals surface area (Å²) in [6.07, 6.45) is 3.53. The van der Waals surface area contributed by atoms with Crippen LogP contribution in [0.3, 0.4) is 0 Å². The largest absolute Gasteiger partial charge is 0.496 e. The van der Waals surface area contributed by atoms with Gasteiger partial charge in [-0.05, 0) is 17.7 Å². The predicted octanol–water partition coefficient (Wildman–Crippen LogP) is 4.64. The Hall–Kier alpha value is -3.05. The lowest BCUT2D eigenvalue weighted by Crippen LogP contribution is -1.96. The Morgan fingerprint density at radius 3 is 2.73 bits per heavy atom. The van der Waals surface area contributed by atoms with Crippen LogP contribution >= 0.6 is 11.6 Å². The molecule has 26 heavy (non-hydrogen) atoms. The topological polar surface area (TPSA) is 48.7 Å². The lowest BCUT2D eigenvalue weighted by Gasteiger charge is -2.11. The van der Waals surface area contributed by atoms with E-state index in [1.807, 2.05) is 59.1 Å². The number of rotatable bonds is 5. The second-order valence-corrected chi connectivity index (χ2v) is 6.13. The van der Waals surface area contributed by atoms with Crippen LogP contribution in [0.5, 0.6) is 11.5 Å². The minimum absolute atomic E-state index is 0.409. The molecule has 2 aromatic carbocycles. The third-order valence-electron chi connectivity index (χ3n) is 4.01. The van der Waals surface area contributed by atoms with Crippen LogP contribution in [0.2, 0.25) is 5.15 Å². The van der Waals surface area contributed by atoms with E-state index in [0.29, 0.717) is 17.5 Å². The Labute approximate surface area is 155 Å². The van der Waals surface area contributed by atoms with E-state index in [4.69, 9.17) is 21.1 Å². The van der Waals surface area contributed by atoms with Crippen molar-refractivity contribution in [3.8, 4) is 22.8 Å². The van der Waals surface area contributed by atoms with Crippen molar-refractivity contribution in [2.45, 2.75) is 6.61 Å². The van der Waals surface area contributed by atoms with Gasteiger partial charge in [-0.25, -0.2) is 9.97 Å². The molecule has 0 atom stereocenters. The van der Waals surface area contributed by atoms with Gasteiger partial charge in [0.05, 0.1) is 12.8 Å². The van der Waals surface area contributed by atoms with Crippen molar-refractivity contribution in [1.29, 1.82) is 0 Å². The summed E-state index contributed by atoms with van der Waals surface area (Å²) in [6, 6.07) is 17.5. The van der Waals surface area contributed by atoms with Crippen LogP contribution in [0, 0.1) is 0 Å². The summed E-state index contributed by atoms with van der Waals surface area (Å²) in [6.45, 7) is 0.502. The van der Waals surface area contributed by atoms with Crippen LogP contribution in [-0.4, -0.2) is 21.5 Å². The average Bonchev–Trinajstić information content (AvgIpc) is 3.09. The van der Waals surface area contributed by atoms with Gasteiger partial charge in [0.15, 0.2) is 0 Å². The highest BCUT2D eigenvalue weighted by Crippen LogP contribution is 2.33. The lowest BCUT2D eigenvalue weighted by molar-refractivity contribution is 0.304. The summed E-state index contributed by atoms with van der Waals surface area (Å²) in [7, 11) is 1.63. The molecule has 2 aromatic heterocycles. The van der Waals surface area contributed by atoms with Crippen molar-refractivity contribution in [2.75, 3.05) is 7.11 Å². The number of benzene rings is 2. The third-order valence-corrected chi connectivity index (χ3v) is 4.22. The summed E-state index contributed by atoms with van der Waals surface area (Å²) in [4.78, 5) is 8.65. The predicted molar refractivity (Wildman–Crippen MR) is 101 cm³/mol. The molecular weight excluding hydrogens is 350 g/mol. The van der Waals surface area contributed by atoms with Crippen LogP contribution in [-0.2, 0) is 6.61 Å². The molecule has 0 amide bonds. The standard InChI is InChI=1S/C20H16ClN3O2/c1-25-18-9-15(26-12-14-5-3-2-4-6-14)7-8-16(18)17-11-24-13-22-19(21)10-20(24)23-17/h2-11,13H,12H2,1H3. The fourth-order valence-electron chi connectivity index (χ4n) is 2.71. The Bertz CT molecular complexity index is 1050. The molecule has 0 radical (unpaired) electrons. The number of methoxy groups -OCH3 is 1. The molecule has 0 aliphatic heterocycles. The maximum absolute atomic E-state index is 5.93. The first-order chi connectivity index (χ1) is 12.7. The van der Waals surface area contributed by atoms with Crippen LogP contribution in [0.15, 0.2) is 67.1 Å². The van der Waals surface area contributed by atoms with Crippen molar-refractivity contribution >= 4 is 17.2 Å². The molecule has 0 unspecified atom stereocenters. The third kappa shape index (κ3) is 3.34. The molecule has 6 heteroatoms. The fraction of sp³-hybridized carbons (Fsp3) is 0.100. The first kappa shape index (κ1) is 16.4. The van der Waals surface area contributed by atoms with E-state index >= 15 is 0 Å². The van der Waals surface area contributed by atoms with E-state index in [9.17, 15) is 0 Å². The number of ether oxygens (including phenoxy) is 2. The number of nitrogens with zero attached hydrogens (tertiary/aromatic N) is 3. The summed E-state index contributed by atoms with van der Waals surface area (Å²) in [5, 5.41) is 0.409. The van der Waals surface area contributed by atoms with Gasteiger partial charge in [-0.2, -0.15) is 0 Å². The zero-order valence-corrected chi connectivity index (χ0v) is 14.8. The number of halogens is 1. The van der Waals surface area contributed by atoms with Crippen LogP contribution < -0.4 is 9.47 Å².